The molecule has 0 saturated heterocycles. The van der Waals surface area contributed by atoms with E-state index in [9.17, 15) is 23.3 Å². The van der Waals surface area contributed by atoms with Gasteiger partial charge in [0.1, 0.15) is 6.04 Å². The van der Waals surface area contributed by atoms with Crippen LogP contribution in [-0.2, 0) is 0 Å². The Morgan fingerprint density at radius 2 is 1.88 bits per heavy atom. The van der Waals surface area contributed by atoms with Crippen LogP contribution >= 0.6 is 0 Å². The van der Waals surface area contributed by atoms with Gasteiger partial charge in [-0.3, -0.25) is 10.1 Å². The molecule has 0 amide bonds. The van der Waals surface area contributed by atoms with Gasteiger partial charge >= 0.3 is 6.18 Å². The average Bonchev–Trinajstić information content (AvgIpc) is 2.19. The number of rotatable bonds is 2. The summed E-state index contributed by atoms with van der Waals surface area (Å²) in [5.74, 6) is 0. The normalized spacial score (nSPS) is 13.5. The van der Waals surface area contributed by atoms with Gasteiger partial charge in [-0.05, 0) is 25.0 Å². The molecule has 0 saturated carbocycles. The van der Waals surface area contributed by atoms with E-state index >= 15 is 0 Å². The molecule has 1 rings (SSSR count). The van der Waals surface area contributed by atoms with E-state index in [2.05, 4.69) is 0 Å². The van der Waals surface area contributed by atoms with Crippen LogP contribution in [0.2, 0.25) is 0 Å². The maximum absolute atomic E-state index is 12.4. The number of alkyl halides is 3. The average molecular weight is 248 g/mol. The fourth-order valence-electron chi connectivity index (χ4n) is 1.43. The number of hydrogen-bond donors (Lipinski definition) is 1. The third kappa shape index (κ3) is 2.73. The zero-order valence-electron chi connectivity index (χ0n) is 9.21. The lowest BCUT2D eigenvalue weighted by molar-refractivity contribution is -0.385. The van der Waals surface area contributed by atoms with Gasteiger partial charge in [-0.2, -0.15) is 13.2 Å². The number of hydrogen-bond acceptors (Lipinski definition) is 3. The number of benzene rings is 1. The summed E-state index contributed by atoms with van der Waals surface area (Å²) in [5, 5.41) is 10.7. The molecule has 2 N–H and O–H groups in total. The van der Waals surface area contributed by atoms with Gasteiger partial charge < -0.3 is 5.73 Å². The van der Waals surface area contributed by atoms with Crippen LogP contribution in [0.3, 0.4) is 0 Å². The van der Waals surface area contributed by atoms with Crippen LogP contribution in [0.1, 0.15) is 22.7 Å². The first kappa shape index (κ1) is 13.4. The van der Waals surface area contributed by atoms with E-state index in [0.717, 1.165) is 6.07 Å². The Balaban J connectivity index is 3.34. The second-order valence-electron chi connectivity index (χ2n) is 3.76. The van der Waals surface area contributed by atoms with Crippen molar-refractivity contribution in [2.45, 2.75) is 26.1 Å². The van der Waals surface area contributed by atoms with Gasteiger partial charge in [0.25, 0.3) is 5.69 Å². The lowest BCUT2D eigenvalue weighted by Gasteiger charge is -2.17. The molecule has 1 aromatic carbocycles. The summed E-state index contributed by atoms with van der Waals surface area (Å²) in [6.07, 6.45) is -4.62. The molecule has 17 heavy (non-hydrogen) atoms. The van der Waals surface area contributed by atoms with Gasteiger partial charge in [0.15, 0.2) is 0 Å². The molecule has 0 fully saturated rings. The van der Waals surface area contributed by atoms with Crippen LogP contribution in [0, 0.1) is 24.0 Å². The van der Waals surface area contributed by atoms with E-state index in [1.54, 1.807) is 0 Å². The summed E-state index contributed by atoms with van der Waals surface area (Å²) >= 11 is 0. The largest absolute Gasteiger partial charge is 0.407 e. The number of aryl methyl sites for hydroxylation is 1. The summed E-state index contributed by atoms with van der Waals surface area (Å²) in [6, 6.07) is -0.110. The fraction of sp³-hybridized carbons (Fsp3) is 0.400. The third-order valence-corrected chi connectivity index (χ3v) is 2.57. The number of halogens is 3. The van der Waals surface area contributed by atoms with Crippen molar-refractivity contribution in [3.8, 4) is 0 Å². The molecular formula is C10H11F3N2O2. The quantitative estimate of drug-likeness (QED) is 0.646. The third-order valence-electron chi connectivity index (χ3n) is 2.57. The van der Waals surface area contributed by atoms with Crippen molar-refractivity contribution in [1.29, 1.82) is 0 Å². The Hall–Kier alpha value is -1.63. The first-order valence-corrected chi connectivity index (χ1v) is 4.72. The number of nitro groups is 1. The molecule has 1 atom stereocenters. The van der Waals surface area contributed by atoms with Crippen molar-refractivity contribution in [3.05, 3.63) is 38.9 Å². The second kappa shape index (κ2) is 4.33. The molecule has 0 radical (unpaired) electrons. The molecule has 0 aliphatic carbocycles. The van der Waals surface area contributed by atoms with Crippen LogP contribution in [0.25, 0.3) is 0 Å². The molecule has 0 spiro atoms. The van der Waals surface area contributed by atoms with Crippen molar-refractivity contribution in [1.82, 2.24) is 0 Å². The molecule has 0 aliphatic rings. The Morgan fingerprint density at radius 3 is 2.29 bits per heavy atom. The lowest BCUT2D eigenvalue weighted by Crippen LogP contribution is -2.28. The molecule has 0 bridgehead atoms. The smallest absolute Gasteiger partial charge is 0.316 e. The zero-order chi connectivity index (χ0) is 13.4. The SMILES string of the molecule is Cc1cc(C(N)C(F)(F)F)cc([N+](=O)[O-])c1C. The summed E-state index contributed by atoms with van der Waals surface area (Å²) in [6.45, 7) is 2.99. The Morgan fingerprint density at radius 1 is 1.35 bits per heavy atom. The Labute approximate surface area is 95.4 Å². The monoisotopic (exact) mass is 248 g/mol. The van der Waals surface area contributed by atoms with Crippen LogP contribution < -0.4 is 5.73 Å². The molecule has 0 aromatic heterocycles. The van der Waals surface area contributed by atoms with Crippen LogP contribution in [0.15, 0.2) is 12.1 Å². The highest BCUT2D eigenvalue weighted by atomic mass is 19.4. The molecular weight excluding hydrogens is 237 g/mol. The second-order valence-corrected chi connectivity index (χ2v) is 3.76. The van der Waals surface area contributed by atoms with Crippen molar-refractivity contribution >= 4 is 5.69 Å². The summed E-state index contributed by atoms with van der Waals surface area (Å²) in [5.41, 5.74) is 5.12. The van der Waals surface area contributed by atoms with E-state index in [4.69, 9.17) is 5.73 Å². The van der Waals surface area contributed by atoms with Crippen LogP contribution in [0.4, 0.5) is 18.9 Å². The van der Waals surface area contributed by atoms with E-state index < -0.39 is 17.1 Å². The van der Waals surface area contributed by atoms with Gasteiger partial charge in [-0.25, -0.2) is 0 Å². The number of nitrogens with zero attached hydrogens (tertiary/aromatic N) is 1. The zero-order valence-corrected chi connectivity index (χ0v) is 9.21. The van der Waals surface area contributed by atoms with Crippen molar-refractivity contribution < 1.29 is 18.1 Å². The minimum atomic E-state index is -4.62. The predicted octanol–water partition coefficient (Wildman–Crippen LogP) is 2.77. The molecule has 0 heterocycles. The summed E-state index contributed by atoms with van der Waals surface area (Å²) < 4.78 is 37.2. The standard InChI is InChI=1S/C10H11F3N2O2/c1-5-3-7(9(14)10(11,12)13)4-8(6(5)2)15(16)17/h3-4,9H,14H2,1-2H3. The van der Waals surface area contributed by atoms with Crippen LogP contribution in [0.5, 0.6) is 0 Å². The highest BCUT2D eigenvalue weighted by molar-refractivity contribution is 5.48. The van der Waals surface area contributed by atoms with Crippen molar-refractivity contribution in [3.63, 3.8) is 0 Å². The number of nitrogens with two attached hydrogens (primary N) is 1. The summed E-state index contributed by atoms with van der Waals surface area (Å²) in [4.78, 5) is 9.97. The van der Waals surface area contributed by atoms with Crippen molar-refractivity contribution in [2.75, 3.05) is 0 Å². The Bertz CT molecular complexity index is 458. The minimum absolute atomic E-state index is 0.299. The Kier molecular flexibility index (Phi) is 3.42. The van der Waals surface area contributed by atoms with Gasteiger partial charge in [0.2, 0.25) is 0 Å². The van der Waals surface area contributed by atoms with E-state index in [0.29, 0.717) is 11.1 Å². The first-order valence-electron chi connectivity index (χ1n) is 4.72. The highest BCUT2D eigenvalue weighted by Gasteiger charge is 2.38. The molecule has 7 heteroatoms. The van der Waals surface area contributed by atoms with E-state index in [1.165, 1.54) is 19.9 Å². The van der Waals surface area contributed by atoms with Gasteiger partial charge in [0, 0.05) is 11.6 Å². The lowest BCUT2D eigenvalue weighted by atomic mass is 9.99. The molecule has 1 aromatic rings. The number of nitro benzene ring substituents is 1. The van der Waals surface area contributed by atoms with Gasteiger partial charge in [0.05, 0.1) is 4.92 Å². The van der Waals surface area contributed by atoms with Gasteiger partial charge in [-0.1, -0.05) is 6.07 Å². The maximum Gasteiger partial charge on any atom is 0.407 e. The fourth-order valence-corrected chi connectivity index (χ4v) is 1.43. The first-order chi connectivity index (χ1) is 7.64. The maximum atomic E-state index is 12.4. The minimum Gasteiger partial charge on any atom is -0.316 e. The molecule has 94 valence electrons. The topological polar surface area (TPSA) is 69.2 Å². The highest BCUT2D eigenvalue weighted by Crippen LogP contribution is 2.34. The van der Waals surface area contributed by atoms with Gasteiger partial charge in [-0.15, -0.1) is 0 Å². The molecule has 4 nitrogen and oxygen atoms in total. The molecule has 1 unspecified atom stereocenters. The molecule has 0 aliphatic heterocycles. The predicted molar refractivity (Wildman–Crippen MR) is 55.6 cm³/mol. The van der Waals surface area contributed by atoms with Crippen LogP contribution in [-0.4, -0.2) is 11.1 Å². The van der Waals surface area contributed by atoms with E-state index in [-0.39, 0.29) is 11.3 Å². The summed E-state index contributed by atoms with van der Waals surface area (Å²) in [7, 11) is 0. The van der Waals surface area contributed by atoms with Crippen molar-refractivity contribution in [2.24, 2.45) is 5.73 Å². The van der Waals surface area contributed by atoms with E-state index in [1.807, 2.05) is 0 Å².